The van der Waals surface area contributed by atoms with Crippen LogP contribution in [0.25, 0.3) is 5.52 Å². The van der Waals surface area contributed by atoms with Gasteiger partial charge >= 0.3 is 0 Å². The second-order valence-electron chi connectivity index (χ2n) is 4.76. The lowest BCUT2D eigenvalue weighted by Crippen LogP contribution is -1.92. The summed E-state index contributed by atoms with van der Waals surface area (Å²) in [5.41, 5.74) is 2.16. The summed E-state index contributed by atoms with van der Waals surface area (Å²) in [5, 5.41) is 9.52. The number of nitriles is 1. The Balaban J connectivity index is 2.11. The summed E-state index contributed by atoms with van der Waals surface area (Å²) < 4.78 is 1.86. The number of hydrogen-bond donors (Lipinski definition) is 0. The van der Waals surface area contributed by atoms with Gasteiger partial charge in [0.1, 0.15) is 11.8 Å². The standard InChI is InChI=1S/C18H14N2OS2/c1-2-22-16-15(12-19)20-11-7-6-10-14(20)17(16)23-18(21)13-8-4-3-5-9-13/h3-11H,2H2,1H3. The number of rotatable bonds is 4. The van der Waals surface area contributed by atoms with E-state index in [9.17, 15) is 10.1 Å². The minimum Gasteiger partial charge on any atom is -0.306 e. The van der Waals surface area contributed by atoms with Crippen LogP contribution in [-0.2, 0) is 0 Å². The van der Waals surface area contributed by atoms with Crippen molar-refractivity contribution in [2.75, 3.05) is 5.75 Å². The number of fused-ring (bicyclic) bond motifs is 1. The molecule has 3 rings (SSSR count). The smallest absolute Gasteiger partial charge is 0.224 e. The molecule has 2 heterocycles. The predicted octanol–water partition coefficient (Wildman–Crippen LogP) is 4.86. The minimum absolute atomic E-state index is 0.00982. The van der Waals surface area contributed by atoms with Gasteiger partial charge in [-0.3, -0.25) is 4.79 Å². The predicted molar refractivity (Wildman–Crippen MR) is 95.1 cm³/mol. The molecule has 2 aromatic heterocycles. The van der Waals surface area contributed by atoms with Crippen molar-refractivity contribution in [2.45, 2.75) is 16.7 Å². The van der Waals surface area contributed by atoms with Crippen molar-refractivity contribution in [3.63, 3.8) is 0 Å². The molecule has 0 amide bonds. The third-order valence-corrected chi connectivity index (χ3v) is 5.50. The molecule has 0 spiro atoms. The zero-order chi connectivity index (χ0) is 16.2. The van der Waals surface area contributed by atoms with E-state index in [1.54, 1.807) is 11.8 Å². The van der Waals surface area contributed by atoms with E-state index < -0.39 is 0 Å². The first-order chi connectivity index (χ1) is 11.3. The molecule has 0 aliphatic rings. The monoisotopic (exact) mass is 338 g/mol. The van der Waals surface area contributed by atoms with E-state index in [1.807, 2.05) is 66.1 Å². The topological polar surface area (TPSA) is 45.3 Å². The summed E-state index contributed by atoms with van der Waals surface area (Å²) in [6.45, 7) is 2.04. The average molecular weight is 338 g/mol. The molecule has 0 saturated carbocycles. The van der Waals surface area contributed by atoms with Gasteiger partial charge in [-0.2, -0.15) is 5.26 Å². The molecule has 3 nitrogen and oxygen atoms in total. The Labute approximate surface area is 143 Å². The number of aromatic nitrogens is 1. The number of carbonyl (C=O) groups is 1. The highest BCUT2D eigenvalue weighted by Crippen LogP contribution is 2.40. The quantitative estimate of drug-likeness (QED) is 0.638. The largest absolute Gasteiger partial charge is 0.306 e. The lowest BCUT2D eigenvalue weighted by molar-refractivity contribution is 0.108. The maximum Gasteiger partial charge on any atom is 0.224 e. The van der Waals surface area contributed by atoms with Crippen molar-refractivity contribution >= 4 is 34.2 Å². The lowest BCUT2D eigenvalue weighted by atomic mass is 10.2. The molecular formula is C18H14N2OS2. The molecule has 0 unspecified atom stereocenters. The normalized spacial score (nSPS) is 10.6. The van der Waals surface area contributed by atoms with Crippen molar-refractivity contribution in [1.29, 1.82) is 5.26 Å². The van der Waals surface area contributed by atoms with Crippen LogP contribution in [0.2, 0.25) is 0 Å². The van der Waals surface area contributed by atoms with Gasteiger partial charge in [0.25, 0.3) is 0 Å². The Morgan fingerprint density at radius 1 is 1.13 bits per heavy atom. The van der Waals surface area contributed by atoms with Crippen LogP contribution < -0.4 is 0 Å². The zero-order valence-electron chi connectivity index (χ0n) is 12.5. The molecule has 5 heteroatoms. The van der Waals surface area contributed by atoms with Gasteiger partial charge in [-0.15, -0.1) is 11.8 Å². The van der Waals surface area contributed by atoms with Gasteiger partial charge in [0.15, 0.2) is 0 Å². The van der Waals surface area contributed by atoms with Gasteiger partial charge in [0.05, 0.1) is 15.3 Å². The summed E-state index contributed by atoms with van der Waals surface area (Å²) in [4.78, 5) is 14.3. The highest BCUT2D eigenvalue weighted by Gasteiger charge is 2.21. The summed E-state index contributed by atoms with van der Waals surface area (Å²) in [5.74, 6) is 0.846. The Bertz CT molecular complexity index is 895. The zero-order valence-corrected chi connectivity index (χ0v) is 14.2. The summed E-state index contributed by atoms with van der Waals surface area (Å²) in [6, 6.07) is 17.3. The number of benzene rings is 1. The van der Waals surface area contributed by atoms with Gasteiger partial charge < -0.3 is 4.40 Å². The van der Waals surface area contributed by atoms with E-state index in [0.717, 1.165) is 21.1 Å². The molecule has 0 aliphatic heterocycles. The highest BCUT2D eigenvalue weighted by molar-refractivity contribution is 8.14. The van der Waals surface area contributed by atoms with Crippen LogP contribution in [0, 0.1) is 11.3 Å². The molecule has 0 atom stereocenters. The SMILES string of the molecule is CCSc1c(SC(=O)c2ccccc2)c2ccccn2c1C#N. The van der Waals surface area contributed by atoms with Crippen LogP contribution in [0.3, 0.4) is 0 Å². The maximum absolute atomic E-state index is 12.6. The first-order valence-electron chi connectivity index (χ1n) is 7.19. The van der Waals surface area contributed by atoms with Crippen molar-refractivity contribution in [1.82, 2.24) is 4.40 Å². The second kappa shape index (κ2) is 6.95. The minimum atomic E-state index is -0.00982. The van der Waals surface area contributed by atoms with Gasteiger partial charge in [-0.1, -0.05) is 43.3 Å². The molecule has 0 saturated heterocycles. The Morgan fingerprint density at radius 3 is 2.57 bits per heavy atom. The van der Waals surface area contributed by atoms with E-state index in [4.69, 9.17) is 0 Å². The fraction of sp³-hybridized carbons (Fsp3) is 0.111. The first kappa shape index (κ1) is 15.7. The fourth-order valence-electron chi connectivity index (χ4n) is 2.36. The molecule has 0 bridgehead atoms. The fourth-order valence-corrected chi connectivity index (χ4v) is 4.37. The third-order valence-electron chi connectivity index (χ3n) is 3.35. The maximum atomic E-state index is 12.6. The van der Waals surface area contributed by atoms with E-state index >= 15 is 0 Å². The van der Waals surface area contributed by atoms with Crippen molar-refractivity contribution in [2.24, 2.45) is 0 Å². The van der Waals surface area contributed by atoms with Crippen molar-refractivity contribution in [3.8, 4) is 6.07 Å². The van der Waals surface area contributed by atoms with Crippen LogP contribution in [-0.4, -0.2) is 15.3 Å². The third kappa shape index (κ3) is 3.00. The van der Waals surface area contributed by atoms with Gasteiger partial charge in [0.2, 0.25) is 5.12 Å². The number of thioether (sulfide) groups is 2. The first-order valence-corrected chi connectivity index (χ1v) is 8.99. The Kier molecular flexibility index (Phi) is 4.75. The summed E-state index contributed by atoms with van der Waals surface area (Å²) in [6.07, 6.45) is 1.87. The van der Waals surface area contributed by atoms with E-state index in [1.165, 1.54) is 11.8 Å². The molecule has 3 aromatic rings. The summed E-state index contributed by atoms with van der Waals surface area (Å²) >= 11 is 2.80. The number of hydrogen-bond acceptors (Lipinski definition) is 4. The van der Waals surface area contributed by atoms with Gasteiger partial charge in [-0.25, -0.2) is 0 Å². The molecular weight excluding hydrogens is 324 g/mol. The van der Waals surface area contributed by atoms with Crippen LogP contribution in [0.1, 0.15) is 23.0 Å². The average Bonchev–Trinajstić information content (AvgIpc) is 2.89. The van der Waals surface area contributed by atoms with E-state index in [2.05, 4.69) is 6.07 Å². The molecule has 1 aromatic carbocycles. The number of carbonyl (C=O) groups excluding carboxylic acids is 1. The second-order valence-corrected chi connectivity index (χ2v) is 7.02. The van der Waals surface area contributed by atoms with Gasteiger partial charge in [0, 0.05) is 11.8 Å². The van der Waals surface area contributed by atoms with Crippen LogP contribution in [0.4, 0.5) is 0 Å². The molecule has 0 N–H and O–H groups in total. The summed E-state index contributed by atoms with van der Waals surface area (Å²) in [7, 11) is 0. The van der Waals surface area contributed by atoms with E-state index in [-0.39, 0.29) is 5.12 Å². The molecule has 23 heavy (non-hydrogen) atoms. The van der Waals surface area contributed by atoms with Crippen molar-refractivity contribution in [3.05, 3.63) is 66.0 Å². The van der Waals surface area contributed by atoms with Gasteiger partial charge in [-0.05, 0) is 29.6 Å². The highest BCUT2D eigenvalue weighted by atomic mass is 32.2. The number of nitrogens with zero attached hydrogens (tertiary/aromatic N) is 2. The molecule has 0 radical (unpaired) electrons. The van der Waals surface area contributed by atoms with Crippen LogP contribution >= 0.6 is 23.5 Å². The molecule has 0 fully saturated rings. The van der Waals surface area contributed by atoms with Crippen LogP contribution in [0.15, 0.2) is 64.5 Å². The Morgan fingerprint density at radius 2 is 1.87 bits per heavy atom. The van der Waals surface area contributed by atoms with Crippen molar-refractivity contribution < 1.29 is 4.79 Å². The lowest BCUT2D eigenvalue weighted by Gasteiger charge is -2.03. The van der Waals surface area contributed by atoms with Crippen LogP contribution in [0.5, 0.6) is 0 Å². The molecule has 114 valence electrons. The van der Waals surface area contributed by atoms with E-state index in [0.29, 0.717) is 11.3 Å². The Hall–Kier alpha value is -2.16. The molecule has 0 aliphatic carbocycles. The number of pyridine rings is 1.